The molecule has 3 rings (SSSR count). The third-order valence-corrected chi connectivity index (χ3v) is 5.98. The molecule has 0 saturated carbocycles. The van der Waals surface area contributed by atoms with E-state index < -0.39 is 23.6 Å². The number of rotatable bonds is 6. The third kappa shape index (κ3) is 5.18. The summed E-state index contributed by atoms with van der Waals surface area (Å²) in [5, 5.41) is 21.2. The Bertz CT molecular complexity index is 738. The molecule has 1 aromatic heterocycles. The van der Waals surface area contributed by atoms with Gasteiger partial charge < -0.3 is 20.1 Å². The van der Waals surface area contributed by atoms with Gasteiger partial charge in [-0.2, -0.15) is 0 Å². The number of aliphatic hydroxyl groups is 1. The summed E-state index contributed by atoms with van der Waals surface area (Å²) in [6.07, 6.45) is 6.68. The van der Waals surface area contributed by atoms with Crippen LogP contribution in [-0.4, -0.2) is 75.3 Å². The van der Waals surface area contributed by atoms with E-state index in [0.29, 0.717) is 0 Å². The van der Waals surface area contributed by atoms with Crippen molar-refractivity contribution in [3.05, 3.63) is 11.9 Å². The van der Waals surface area contributed by atoms with E-state index in [1.807, 2.05) is 27.0 Å². The Morgan fingerprint density at radius 2 is 2.13 bits per heavy atom. The molecule has 9 heteroatoms. The highest BCUT2D eigenvalue weighted by Gasteiger charge is 2.45. The normalized spacial score (nSPS) is 25.9. The van der Waals surface area contributed by atoms with E-state index in [9.17, 15) is 14.7 Å². The lowest BCUT2D eigenvalue weighted by Crippen LogP contribution is -2.49. The molecule has 3 heterocycles. The van der Waals surface area contributed by atoms with Crippen LogP contribution in [-0.2, 0) is 20.7 Å². The van der Waals surface area contributed by atoms with E-state index in [0.717, 1.165) is 38.0 Å². The van der Waals surface area contributed by atoms with Gasteiger partial charge in [-0.15, -0.1) is 5.10 Å². The van der Waals surface area contributed by atoms with Crippen molar-refractivity contribution in [1.82, 2.24) is 25.2 Å². The summed E-state index contributed by atoms with van der Waals surface area (Å²) >= 11 is 0. The van der Waals surface area contributed by atoms with Crippen molar-refractivity contribution in [3.8, 4) is 0 Å². The number of likely N-dealkylation sites (N-methyl/N-ethyl adjacent to an activating group) is 1. The highest BCUT2D eigenvalue weighted by molar-refractivity contribution is 5.90. The van der Waals surface area contributed by atoms with Gasteiger partial charge in [-0.1, -0.05) is 26.0 Å². The fourth-order valence-corrected chi connectivity index (χ4v) is 4.41. The minimum Gasteiger partial charge on any atom is -0.391 e. The zero-order valence-electron chi connectivity index (χ0n) is 18.5. The number of carbonyl (C=O) groups is 2. The van der Waals surface area contributed by atoms with Crippen molar-refractivity contribution in [2.75, 3.05) is 20.2 Å². The third-order valence-electron chi connectivity index (χ3n) is 5.98. The van der Waals surface area contributed by atoms with Gasteiger partial charge in [0.25, 0.3) is 0 Å². The monoisotopic (exact) mass is 421 g/mol. The van der Waals surface area contributed by atoms with E-state index >= 15 is 0 Å². The minimum atomic E-state index is -0.710. The Morgan fingerprint density at radius 3 is 2.77 bits per heavy atom. The second-order valence-corrected chi connectivity index (χ2v) is 9.50. The second-order valence-electron chi connectivity index (χ2n) is 9.50. The van der Waals surface area contributed by atoms with Gasteiger partial charge in [-0.25, -0.2) is 4.68 Å². The molecule has 2 N–H and O–H groups in total. The number of amides is 2. The average molecular weight is 422 g/mol. The number of hydrogen-bond acceptors (Lipinski definition) is 6. The van der Waals surface area contributed by atoms with Crippen LogP contribution in [0.3, 0.4) is 0 Å². The van der Waals surface area contributed by atoms with Gasteiger partial charge in [0.05, 0.1) is 17.9 Å². The lowest BCUT2D eigenvalue weighted by Gasteiger charge is -2.34. The molecular weight excluding hydrogens is 386 g/mol. The van der Waals surface area contributed by atoms with Crippen molar-refractivity contribution >= 4 is 11.8 Å². The van der Waals surface area contributed by atoms with Gasteiger partial charge >= 0.3 is 0 Å². The molecule has 2 saturated heterocycles. The van der Waals surface area contributed by atoms with Crippen LogP contribution in [0, 0.1) is 5.41 Å². The molecule has 9 nitrogen and oxygen atoms in total. The number of β-amino-alcohol motifs (C(OH)–C–C–N with tert-alkyl or cyclic N) is 1. The van der Waals surface area contributed by atoms with E-state index in [4.69, 9.17) is 4.74 Å². The van der Waals surface area contributed by atoms with E-state index in [1.165, 1.54) is 18.4 Å². The number of ether oxygens (including phenoxy) is 1. The van der Waals surface area contributed by atoms with Gasteiger partial charge in [-0.05, 0) is 37.5 Å². The molecular formula is C21H35N5O4. The lowest BCUT2D eigenvalue weighted by molar-refractivity contribution is -0.144. The number of hydrogen-bond donors (Lipinski definition) is 2. The van der Waals surface area contributed by atoms with Crippen LogP contribution in [0.15, 0.2) is 6.20 Å². The standard InChI is InChI=1S/C21H35N5O4/c1-21(2,3)18(20(29)25-13-15(27)11-17(25)19(28)22-4)26-12-14(23-24-26)8-9-16-7-5-6-10-30-16/h12,15-18,27H,5-11,13H2,1-4H3,(H,22,28). The van der Waals surface area contributed by atoms with Crippen molar-refractivity contribution in [3.63, 3.8) is 0 Å². The van der Waals surface area contributed by atoms with E-state index in [-0.39, 0.29) is 30.9 Å². The van der Waals surface area contributed by atoms with Crippen LogP contribution in [0.5, 0.6) is 0 Å². The van der Waals surface area contributed by atoms with Crippen LogP contribution in [0.1, 0.15) is 64.6 Å². The SMILES string of the molecule is CNC(=O)C1CC(O)CN1C(=O)C(n1cc(CCC2CCCCO2)nn1)C(C)(C)C. The zero-order valence-corrected chi connectivity index (χ0v) is 18.5. The van der Waals surface area contributed by atoms with Crippen molar-refractivity contribution in [2.45, 2.75) is 83.6 Å². The Balaban J connectivity index is 1.75. The molecule has 0 bridgehead atoms. The maximum absolute atomic E-state index is 13.5. The van der Waals surface area contributed by atoms with Crippen LogP contribution in [0.25, 0.3) is 0 Å². The fraction of sp³-hybridized carbons (Fsp3) is 0.810. The molecule has 4 atom stereocenters. The van der Waals surface area contributed by atoms with Gasteiger partial charge in [0.1, 0.15) is 12.1 Å². The predicted molar refractivity (Wildman–Crippen MR) is 111 cm³/mol. The van der Waals surface area contributed by atoms with Crippen LogP contribution >= 0.6 is 0 Å². The molecule has 1 aromatic rings. The first-order valence-corrected chi connectivity index (χ1v) is 10.9. The topological polar surface area (TPSA) is 110 Å². The summed E-state index contributed by atoms with van der Waals surface area (Å²) in [6, 6.07) is -1.30. The maximum atomic E-state index is 13.5. The van der Waals surface area contributed by atoms with Crippen molar-refractivity contribution in [2.24, 2.45) is 5.41 Å². The first kappa shape index (κ1) is 22.7. The highest BCUT2D eigenvalue weighted by Crippen LogP contribution is 2.34. The van der Waals surface area contributed by atoms with Gasteiger partial charge in [0.15, 0.2) is 0 Å². The smallest absolute Gasteiger partial charge is 0.248 e. The van der Waals surface area contributed by atoms with Gasteiger partial charge in [0, 0.05) is 32.8 Å². The Kier molecular flexibility index (Phi) is 7.13. The fourth-order valence-electron chi connectivity index (χ4n) is 4.41. The molecule has 2 aliphatic rings. The summed E-state index contributed by atoms with van der Waals surface area (Å²) in [6.45, 7) is 6.87. The number of carbonyl (C=O) groups excluding carboxylic acids is 2. The Labute approximate surface area is 178 Å². The maximum Gasteiger partial charge on any atom is 0.248 e. The number of nitrogens with one attached hydrogen (secondary N) is 1. The molecule has 0 aliphatic carbocycles. The molecule has 2 amide bonds. The Morgan fingerprint density at radius 1 is 1.37 bits per heavy atom. The summed E-state index contributed by atoms with van der Waals surface area (Å²) in [5.41, 5.74) is 0.380. The molecule has 168 valence electrons. The highest BCUT2D eigenvalue weighted by atomic mass is 16.5. The Hall–Kier alpha value is -2.00. The van der Waals surface area contributed by atoms with Crippen LogP contribution in [0.4, 0.5) is 0 Å². The van der Waals surface area contributed by atoms with Gasteiger partial charge in [0.2, 0.25) is 11.8 Å². The number of aryl methyl sites for hydroxylation is 1. The second kappa shape index (κ2) is 9.43. The predicted octanol–water partition coefficient (Wildman–Crippen LogP) is 1.07. The summed E-state index contributed by atoms with van der Waals surface area (Å²) < 4.78 is 7.41. The van der Waals surface area contributed by atoms with Crippen molar-refractivity contribution < 1.29 is 19.4 Å². The van der Waals surface area contributed by atoms with Crippen LogP contribution in [0.2, 0.25) is 0 Å². The molecule has 0 spiro atoms. The number of aliphatic hydroxyl groups excluding tert-OH is 1. The van der Waals surface area contributed by atoms with Gasteiger partial charge in [-0.3, -0.25) is 9.59 Å². The average Bonchev–Trinajstić information content (AvgIpc) is 3.32. The van der Waals surface area contributed by atoms with Crippen molar-refractivity contribution in [1.29, 1.82) is 0 Å². The minimum absolute atomic E-state index is 0.143. The molecule has 4 unspecified atom stereocenters. The first-order valence-electron chi connectivity index (χ1n) is 10.9. The number of aromatic nitrogens is 3. The zero-order chi connectivity index (χ0) is 21.9. The van der Waals surface area contributed by atoms with Crippen LogP contribution < -0.4 is 5.32 Å². The largest absolute Gasteiger partial charge is 0.391 e. The number of nitrogens with zero attached hydrogens (tertiary/aromatic N) is 4. The summed E-state index contributed by atoms with van der Waals surface area (Å²) in [7, 11) is 1.54. The molecule has 2 aliphatic heterocycles. The van der Waals surface area contributed by atoms with E-state index in [2.05, 4.69) is 15.6 Å². The quantitative estimate of drug-likeness (QED) is 0.711. The first-order chi connectivity index (χ1) is 14.2. The molecule has 0 aromatic carbocycles. The molecule has 0 radical (unpaired) electrons. The summed E-state index contributed by atoms with van der Waals surface area (Å²) in [5.74, 6) is -0.487. The molecule has 2 fully saturated rings. The molecule has 30 heavy (non-hydrogen) atoms. The van der Waals surface area contributed by atoms with E-state index in [1.54, 1.807) is 4.68 Å². The lowest BCUT2D eigenvalue weighted by atomic mass is 9.85. The summed E-state index contributed by atoms with van der Waals surface area (Å²) in [4.78, 5) is 27.3. The number of likely N-dealkylation sites (tertiary alicyclic amines) is 1.